The molecule has 0 N–H and O–H groups in total. The van der Waals surface area contributed by atoms with Gasteiger partial charge in [-0.05, 0) is 25.2 Å². The SMILES string of the molecule is CC(=O)CC1C=CC=CCC1C. The summed E-state index contributed by atoms with van der Waals surface area (Å²) in [5, 5.41) is 0. The summed E-state index contributed by atoms with van der Waals surface area (Å²) >= 11 is 0. The monoisotopic (exact) mass is 164 g/mol. The first-order valence-electron chi connectivity index (χ1n) is 4.53. The van der Waals surface area contributed by atoms with Gasteiger partial charge in [0.1, 0.15) is 5.78 Å². The van der Waals surface area contributed by atoms with E-state index in [1.165, 1.54) is 0 Å². The van der Waals surface area contributed by atoms with Gasteiger partial charge in [0.05, 0.1) is 0 Å². The van der Waals surface area contributed by atoms with Gasteiger partial charge < -0.3 is 4.79 Å². The molecule has 1 aliphatic carbocycles. The van der Waals surface area contributed by atoms with Crippen LogP contribution in [0.1, 0.15) is 26.7 Å². The van der Waals surface area contributed by atoms with Gasteiger partial charge in [-0.3, -0.25) is 0 Å². The van der Waals surface area contributed by atoms with E-state index < -0.39 is 0 Å². The molecule has 0 amide bonds. The van der Waals surface area contributed by atoms with Crippen molar-refractivity contribution in [2.45, 2.75) is 26.7 Å². The van der Waals surface area contributed by atoms with Crippen molar-refractivity contribution in [2.75, 3.05) is 0 Å². The average Bonchev–Trinajstić information content (AvgIpc) is 2.16. The zero-order chi connectivity index (χ0) is 8.97. The highest BCUT2D eigenvalue weighted by Crippen LogP contribution is 2.23. The molecule has 0 radical (unpaired) electrons. The first kappa shape index (κ1) is 9.24. The molecule has 2 atom stereocenters. The Morgan fingerprint density at radius 3 is 2.92 bits per heavy atom. The van der Waals surface area contributed by atoms with Crippen LogP contribution >= 0.6 is 0 Å². The average molecular weight is 164 g/mol. The highest BCUT2D eigenvalue weighted by Gasteiger charge is 2.15. The van der Waals surface area contributed by atoms with Gasteiger partial charge in [0, 0.05) is 6.42 Å². The standard InChI is InChI=1S/C11H16O/c1-9-6-4-3-5-7-11(9)8-10(2)12/h3-5,7,9,11H,6,8H2,1-2H3. The second-order valence-corrected chi connectivity index (χ2v) is 3.60. The normalized spacial score (nSPS) is 28.5. The van der Waals surface area contributed by atoms with E-state index in [0.717, 1.165) is 6.42 Å². The zero-order valence-electron chi connectivity index (χ0n) is 7.79. The number of hydrogen-bond donors (Lipinski definition) is 0. The molecule has 0 aromatic carbocycles. The molecule has 66 valence electrons. The molecule has 0 aliphatic heterocycles. The number of hydrogen-bond acceptors (Lipinski definition) is 1. The van der Waals surface area contributed by atoms with Gasteiger partial charge in [-0.25, -0.2) is 0 Å². The van der Waals surface area contributed by atoms with Crippen LogP contribution in [0.2, 0.25) is 0 Å². The van der Waals surface area contributed by atoms with Gasteiger partial charge in [0.15, 0.2) is 0 Å². The third-order valence-corrected chi connectivity index (χ3v) is 2.37. The minimum absolute atomic E-state index is 0.290. The summed E-state index contributed by atoms with van der Waals surface area (Å²) in [5.41, 5.74) is 0. The van der Waals surface area contributed by atoms with Crippen molar-refractivity contribution in [3.63, 3.8) is 0 Å². The van der Waals surface area contributed by atoms with Gasteiger partial charge in [-0.2, -0.15) is 0 Å². The first-order valence-corrected chi connectivity index (χ1v) is 4.53. The lowest BCUT2D eigenvalue weighted by atomic mass is 9.88. The first-order chi connectivity index (χ1) is 5.70. The van der Waals surface area contributed by atoms with Gasteiger partial charge in [0.2, 0.25) is 0 Å². The van der Waals surface area contributed by atoms with Gasteiger partial charge in [-0.15, -0.1) is 0 Å². The van der Waals surface area contributed by atoms with E-state index in [1.54, 1.807) is 6.92 Å². The van der Waals surface area contributed by atoms with E-state index in [9.17, 15) is 4.79 Å². The van der Waals surface area contributed by atoms with Crippen molar-refractivity contribution in [1.82, 2.24) is 0 Å². The van der Waals surface area contributed by atoms with Gasteiger partial charge in [0.25, 0.3) is 0 Å². The van der Waals surface area contributed by atoms with Crippen LogP contribution in [0.5, 0.6) is 0 Å². The number of carbonyl (C=O) groups is 1. The van der Waals surface area contributed by atoms with Crippen LogP contribution in [0.3, 0.4) is 0 Å². The van der Waals surface area contributed by atoms with Crippen LogP contribution < -0.4 is 0 Å². The Morgan fingerprint density at radius 2 is 2.25 bits per heavy atom. The zero-order valence-corrected chi connectivity index (χ0v) is 7.79. The summed E-state index contributed by atoms with van der Waals surface area (Å²) in [4.78, 5) is 10.9. The van der Waals surface area contributed by atoms with Crippen molar-refractivity contribution >= 4 is 5.78 Å². The maximum absolute atomic E-state index is 10.9. The molecule has 0 aromatic heterocycles. The topological polar surface area (TPSA) is 17.1 Å². The van der Waals surface area contributed by atoms with E-state index in [4.69, 9.17) is 0 Å². The fraction of sp³-hybridized carbons (Fsp3) is 0.545. The molecular formula is C11H16O. The molecule has 0 aromatic rings. The minimum Gasteiger partial charge on any atom is -0.300 e. The molecule has 1 heteroatoms. The lowest BCUT2D eigenvalue weighted by Crippen LogP contribution is -2.11. The Kier molecular flexibility index (Phi) is 3.27. The highest BCUT2D eigenvalue weighted by atomic mass is 16.1. The maximum atomic E-state index is 10.9. The molecule has 0 saturated carbocycles. The third-order valence-electron chi connectivity index (χ3n) is 2.37. The van der Waals surface area contributed by atoms with Crippen LogP contribution in [-0.4, -0.2) is 5.78 Å². The van der Waals surface area contributed by atoms with Crippen molar-refractivity contribution in [3.05, 3.63) is 24.3 Å². The lowest BCUT2D eigenvalue weighted by molar-refractivity contribution is -0.117. The lowest BCUT2D eigenvalue weighted by Gasteiger charge is -2.16. The van der Waals surface area contributed by atoms with E-state index in [2.05, 4.69) is 31.2 Å². The predicted octanol–water partition coefficient (Wildman–Crippen LogP) is 2.73. The molecule has 0 bridgehead atoms. The number of Topliss-reactive ketones (excluding diaryl/α,β-unsaturated/α-hetero) is 1. The van der Waals surface area contributed by atoms with E-state index in [-0.39, 0.29) is 0 Å². The molecule has 2 unspecified atom stereocenters. The summed E-state index contributed by atoms with van der Waals surface area (Å²) in [7, 11) is 0. The Morgan fingerprint density at radius 1 is 1.50 bits per heavy atom. The van der Waals surface area contributed by atoms with Crippen LogP contribution in [0.25, 0.3) is 0 Å². The van der Waals surface area contributed by atoms with Crippen LogP contribution in [0.4, 0.5) is 0 Å². The molecule has 1 nitrogen and oxygen atoms in total. The van der Waals surface area contributed by atoms with Crippen LogP contribution in [-0.2, 0) is 4.79 Å². The van der Waals surface area contributed by atoms with E-state index in [1.807, 2.05) is 0 Å². The third kappa shape index (κ3) is 2.65. The highest BCUT2D eigenvalue weighted by molar-refractivity contribution is 5.76. The Labute approximate surface area is 74.2 Å². The molecule has 1 aliphatic rings. The fourth-order valence-electron chi connectivity index (χ4n) is 1.54. The summed E-state index contributed by atoms with van der Waals surface area (Å²) < 4.78 is 0. The molecule has 0 saturated heterocycles. The molecule has 0 fully saturated rings. The number of rotatable bonds is 2. The van der Waals surface area contributed by atoms with Gasteiger partial charge in [-0.1, -0.05) is 31.2 Å². The Balaban J connectivity index is 2.56. The summed E-state index contributed by atoms with van der Waals surface area (Å²) in [6.45, 7) is 3.87. The number of allylic oxidation sites excluding steroid dienone is 4. The molecule has 12 heavy (non-hydrogen) atoms. The van der Waals surface area contributed by atoms with Crippen molar-refractivity contribution in [3.8, 4) is 0 Å². The molecule has 1 rings (SSSR count). The van der Waals surface area contributed by atoms with Crippen molar-refractivity contribution in [2.24, 2.45) is 11.8 Å². The van der Waals surface area contributed by atoms with E-state index in [0.29, 0.717) is 24.0 Å². The number of ketones is 1. The second-order valence-electron chi connectivity index (χ2n) is 3.60. The summed E-state index contributed by atoms with van der Waals surface area (Å²) in [6.07, 6.45) is 10.2. The molecule has 0 heterocycles. The largest absolute Gasteiger partial charge is 0.300 e. The van der Waals surface area contributed by atoms with Crippen LogP contribution in [0.15, 0.2) is 24.3 Å². The van der Waals surface area contributed by atoms with E-state index >= 15 is 0 Å². The Hall–Kier alpha value is -0.850. The fourth-order valence-corrected chi connectivity index (χ4v) is 1.54. The Bertz CT molecular complexity index is 213. The quantitative estimate of drug-likeness (QED) is 0.613. The van der Waals surface area contributed by atoms with Crippen molar-refractivity contribution in [1.29, 1.82) is 0 Å². The van der Waals surface area contributed by atoms with Gasteiger partial charge >= 0.3 is 0 Å². The van der Waals surface area contributed by atoms with Crippen LogP contribution in [0, 0.1) is 11.8 Å². The molecule has 0 spiro atoms. The minimum atomic E-state index is 0.290. The summed E-state index contributed by atoms with van der Waals surface area (Å²) in [6, 6.07) is 0. The second kappa shape index (κ2) is 4.24. The molecular weight excluding hydrogens is 148 g/mol. The summed E-state index contributed by atoms with van der Waals surface area (Å²) in [5.74, 6) is 1.33. The number of carbonyl (C=O) groups excluding carboxylic acids is 1. The van der Waals surface area contributed by atoms with Crippen molar-refractivity contribution < 1.29 is 4.79 Å². The predicted molar refractivity (Wildman–Crippen MR) is 50.8 cm³/mol. The maximum Gasteiger partial charge on any atom is 0.130 e. The smallest absolute Gasteiger partial charge is 0.130 e.